The summed E-state index contributed by atoms with van der Waals surface area (Å²) in [5, 5.41) is 0. The van der Waals surface area contributed by atoms with Crippen LogP contribution < -0.4 is 9.64 Å². The molecule has 0 radical (unpaired) electrons. The average molecular weight is 351 g/mol. The highest BCUT2D eigenvalue weighted by molar-refractivity contribution is 7.23. The molecule has 126 valence electrons. The normalized spacial score (nSPS) is 11.2. The van der Waals surface area contributed by atoms with Crippen LogP contribution in [0.5, 0.6) is 5.75 Å². The quantitative estimate of drug-likeness (QED) is 0.555. The molecule has 25 heavy (non-hydrogen) atoms. The summed E-state index contributed by atoms with van der Waals surface area (Å²) in [6, 6.07) is 13.9. The molecule has 0 atom stereocenters. The molecule has 0 saturated heterocycles. The van der Waals surface area contributed by atoms with Crippen LogP contribution in [0.1, 0.15) is 6.92 Å². The summed E-state index contributed by atoms with van der Waals surface area (Å²) in [5.74, 6) is 0.861. The van der Waals surface area contributed by atoms with Crippen LogP contribution >= 0.6 is 11.3 Å². The summed E-state index contributed by atoms with van der Waals surface area (Å²) in [5.41, 5.74) is 3.93. The number of imidazole rings is 1. The molecule has 0 spiro atoms. The maximum atomic E-state index is 11.5. The Morgan fingerprint density at radius 1 is 1.20 bits per heavy atom. The van der Waals surface area contributed by atoms with Gasteiger partial charge in [-0.1, -0.05) is 23.5 Å². The van der Waals surface area contributed by atoms with Crippen molar-refractivity contribution < 1.29 is 9.53 Å². The molecule has 0 aliphatic rings. The number of thiazole rings is 1. The Labute approximate surface area is 149 Å². The van der Waals surface area contributed by atoms with E-state index in [4.69, 9.17) is 9.72 Å². The first-order chi connectivity index (χ1) is 12.1. The first-order valence-corrected chi connectivity index (χ1v) is 8.69. The second-order valence-electron chi connectivity index (χ2n) is 5.84. The lowest BCUT2D eigenvalue weighted by Gasteiger charge is -2.14. The van der Waals surface area contributed by atoms with Crippen molar-refractivity contribution in [2.75, 3.05) is 19.1 Å². The fourth-order valence-corrected chi connectivity index (χ4v) is 3.82. The molecule has 0 saturated carbocycles. The Morgan fingerprint density at radius 3 is 2.64 bits per heavy atom. The number of aromatic nitrogens is 2. The Morgan fingerprint density at radius 2 is 1.96 bits per heavy atom. The highest BCUT2D eigenvalue weighted by atomic mass is 32.1. The van der Waals surface area contributed by atoms with E-state index in [1.54, 1.807) is 37.3 Å². The molecule has 0 aliphatic heterocycles. The van der Waals surface area contributed by atoms with E-state index in [1.165, 1.54) is 0 Å². The lowest BCUT2D eigenvalue weighted by atomic mass is 10.1. The minimum absolute atomic E-state index is 0.0113. The van der Waals surface area contributed by atoms with E-state index >= 15 is 0 Å². The third kappa shape index (κ3) is 2.64. The van der Waals surface area contributed by atoms with Crippen LogP contribution in [0.25, 0.3) is 26.4 Å². The Kier molecular flexibility index (Phi) is 3.69. The molecule has 0 unspecified atom stereocenters. The van der Waals surface area contributed by atoms with Gasteiger partial charge in [-0.25, -0.2) is 4.98 Å². The zero-order valence-electron chi connectivity index (χ0n) is 14.2. The Bertz CT molecular complexity index is 1080. The summed E-state index contributed by atoms with van der Waals surface area (Å²) in [6.45, 7) is 1.55. The summed E-state index contributed by atoms with van der Waals surface area (Å²) >= 11 is 1.64. The maximum absolute atomic E-state index is 11.5. The van der Waals surface area contributed by atoms with Crippen LogP contribution in [0.3, 0.4) is 0 Å². The number of carbonyl (C=O) groups excluding carboxylic acids is 1. The van der Waals surface area contributed by atoms with Crippen molar-refractivity contribution in [3.8, 4) is 17.0 Å². The van der Waals surface area contributed by atoms with Crippen LogP contribution in [-0.4, -0.2) is 29.4 Å². The summed E-state index contributed by atoms with van der Waals surface area (Å²) < 4.78 is 8.53. The number of anilines is 1. The van der Waals surface area contributed by atoms with Crippen molar-refractivity contribution in [1.29, 1.82) is 0 Å². The van der Waals surface area contributed by atoms with Gasteiger partial charge in [0.15, 0.2) is 4.96 Å². The minimum Gasteiger partial charge on any atom is -0.497 e. The van der Waals surface area contributed by atoms with Crippen LogP contribution in [0.4, 0.5) is 5.69 Å². The van der Waals surface area contributed by atoms with Crippen molar-refractivity contribution in [3.63, 3.8) is 0 Å². The van der Waals surface area contributed by atoms with Crippen LogP contribution in [-0.2, 0) is 4.79 Å². The lowest BCUT2D eigenvalue weighted by Crippen LogP contribution is -2.22. The number of ether oxygens (including phenoxy) is 1. The van der Waals surface area contributed by atoms with E-state index in [9.17, 15) is 4.79 Å². The molecular formula is C19H17N3O2S. The van der Waals surface area contributed by atoms with Gasteiger partial charge in [0.2, 0.25) is 5.91 Å². The molecule has 4 rings (SSSR count). The van der Waals surface area contributed by atoms with Crippen LogP contribution in [0.2, 0.25) is 0 Å². The second-order valence-corrected chi connectivity index (χ2v) is 6.85. The first kappa shape index (κ1) is 15.7. The lowest BCUT2D eigenvalue weighted by molar-refractivity contribution is -0.116. The molecule has 0 aliphatic carbocycles. The summed E-state index contributed by atoms with van der Waals surface area (Å²) in [4.78, 5) is 18.8. The number of amides is 1. The number of carbonyl (C=O) groups is 1. The number of benzene rings is 2. The van der Waals surface area contributed by atoms with E-state index in [0.29, 0.717) is 0 Å². The number of methoxy groups -OCH3 is 1. The first-order valence-electron chi connectivity index (χ1n) is 7.87. The molecule has 2 aromatic heterocycles. The molecule has 1 amide bonds. The summed E-state index contributed by atoms with van der Waals surface area (Å²) in [6.07, 6.45) is 2.05. The number of hydrogen-bond acceptors (Lipinski definition) is 4. The zero-order chi connectivity index (χ0) is 17.6. The van der Waals surface area contributed by atoms with Gasteiger partial charge in [-0.15, -0.1) is 0 Å². The second kappa shape index (κ2) is 5.89. The van der Waals surface area contributed by atoms with Crippen molar-refractivity contribution in [1.82, 2.24) is 9.38 Å². The monoisotopic (exact) mass is 351 g/mol. The highest BCUT2D eigenvalue weighted by Gasteiger charge is 2.12. The molecular weight excluding hydrogens is 334 g/mol. The maximum Gasteiger partial charge on any atom is 0.223 e. The van der Waals surface area contributed by atoms with Crippen molar-refractivity contribution in [2.24, 2.45) is 0 Å². The van der Waals surface area contributed by atoms with E-state index in [1.807, 2.05) is 48.7 Å². The fourth-order valence-electron chi connectivity index (χ4n) is 2.79. The molecule has 0 N–H and O–H groups in total. The number of hydrogen-bond donors (Lipinski definition) is 0. The van der Waals surface area contributed by atoms with Gasteiger partial charge >= 0.3 is 0 Å². The summed E-state index contributed by atoms with van der Waals surface area (Å²) in [7, 11) is 3.44. The van der Waals surface area contributed by atoms with Crippen molar-refractivity contribution >= 4 is 38.1 Å². The van der Waals surface area contributed by atoms with Crippen LogP contribution in [0.15, 0.2) is 48.7 Å². The highest BCUT2D eigenvalue weighted by Crippen LogP contribution is 2.32. The largest absolute Gasteiger partial charge is 0.497 e. The van der Waals surface area contributed by atoms with Gasteiger partial charge in [0, 0.05) is 31.4 Å². The van der Waals surface area contributed by atoms with Crippen molar-refractivity contribution in [2.45, 2.75) is 6.92 Å². The van der Waals surface area contributed by atoms with Gasteiger partial charge in [-0.2, -0.15) is 0 Å². The van der Waals surface area contributed by atoms with Gasteiger partial charge in [-0.05, 0) is 30.3 Å². The van der Waals surface area contributed by atoms with Crippen LogP contribution in [0, 0.1) is 0 Å². The number of nitrogens with zero attached hydrogens (tertiary/aromatic N) is 3. The molecule has 0 bridgehead atoms. The topological polar surface area (TPSA) is 46.8 Å². The van der Waals surface area contributed by atoms with Crippen molar-refractivity contribution in [3.05, 3.63) is 48.7 Å². The Hall–Kier alpha value is -2.86. The zero-order valence-corrected chi connectivity index (χ0v) is 15.0. The van der Waals surface area contributed by atoms with E-state index < -0.39 is 0 Å². The van der Waals surface area contributed by atoms with Gasteiger partial charge < -0.3 is 9.64 Å². The molecule has 5 nitrogen and oxygen atoms in total. The SMILES string of the molecule is COc1ccc2c(c1)sc1nc(-c3ccc(N(C)C(C)=O)cc3)cn12. The Balaban J connectivity index is 1.73. The average Bonchev–Trinajstić information content (AvgIpc) is 3.18. The molecule has 0 fully saturated rings. The van der Waals surface area contributed by atoms with Gasteiger partial charge in [0.1, 0.15) is 5.75 Å². The van der Waals surface area contributed by atoms with E-state index in [2.05, 4.69) is 4.40 Å². The third-order valence-corrected chi connectivity index (χ3v) is 5.34. The minimum atomic E-state index is 0.0113. The molecule has 2 heterocycles. The standard InChI is InChI=1S/C19H17N3O2S/c1-12(23)21(2)14-6-4-13(5-7-14)16-11-22-17-9-8-15(24-3)10-18(17)25-19(22)20-16/h4-11H,1-3H3. The fraction of sp³-hybridized carbons (Fsp3) is 0.158. The molecule has 6 heteroatoms. The van der Waals surface area contributed by atoms with E-state index in [0.717, 1.165) is 37.9 Å². The smallest absolute Gasteiger partial charge is 0.223 e. The predicted molar refractivity (Wildman–Crippen MR) is 102 cm³/mol. The van der Waals surface area contributed by atoms with Gasteiger partial charge in [0.25, 0.3) is 0 Å². The molecule has 4 aromatic rings. The molecule has 2 aromatic carbocycles. The van der Waals surface area contributed by atoms with E-state index in [-0.39, 0.29) is 5.91 Å². The van der Waals surface area contributed by atoms with Gasteiger partial charge in [0.05, 0.1) is 23.0 Å². The number of rotatable bonds is 3. The van der Waals surface area contributed by atoms with Gasteiger partial charge in [-0.3, -0.25) is 9.20 Å². The predicted octanol–water partition coefficient (Wildman–Crippen LogP) is 4.21. The number of fused-ring (bicyclic) bond motifs is 3. The third-order valence-electron chi connectivity index (χ3n) is 4.32.